The molecule has 1 heterocycles. The second kappa shape index (κ2) is 4.43. The van der Waals surface area contributed by atoms with E-state index in [1.165, 1.54) is 0 Å². The molecule has 0 amide bonds. The van der Waals surface area contributed by atoms with Crippen LogP contribution in [0, 0.1) is 6.92 Å². The first-order chi connectivity index (χ1) is 7.65. The number of halogens is 1. The number of hydrogen-bond donors (Lipinski definition) is 1. The number of carbonyl (C=O) groups is 1. The van der Waals surface area contributed by atoms with Crippen LogP contribution in [-0.2, 0) is 0 Å². The molecule has 1 aliphatic rings. The molecule has 0 atom stereocenters. The molecule has 2 N–H and O–H groups in total. The van der Waals surface area contributed by atoms with E-state index in [4.69, 9.17) is 15.2 Å². The molecule has 0 unspecified atom stereocenters. The van der Waals surface area contributed by atoms with Crippen LogP contribution in [0.4, 0.5) is 0 Å². The van der Waals surface area contributed by atoms with Crippen LogP contribution in [0.5, 0.6) is 11.5 Å². The molecule has 0 bridgehead atoms. The number of hydrogen-bond acceptors (Lipinski definition) is 4. The summed E-state index contributed by atoms with van der Waals surface area (Å²) in [6.45, 7) is 2.44. The van der Waals surface area contributed by atoms with Gasteiger partial charge < -0.3 is 15.2 Å². The average molecular weight is 286 g/mol. The third-order valence-electron chi connectivity index (χ3n) is 2.50. The van der Waals surface area contributed by atoms with Gasteiger partial charge in [-0.3, -0.25) is 4.79 Å². The van der Waals surface area contributed by atoms with Crippen LogP contribution in [0.2, 0.25) is 0 Å². The molecule has 0 aliphatic carbocycles. The Morgan fingerprint density at radius 2 is 2.31 bits per heavy atom. The molecule has 86 valence electrons. The highest BCUT2D eigenvalue weighted by Crippen LogP contribution is 2.41. The summed E-state index contributed by atoms with van der Waals surface area (Å²) in [5, 5.41) is 0. The highest BCUT2D eigenvalue weighted by Gasteiger charge is 2.23. The van der Waals surface area contributed by atoms with Gasteiger partial charge >= 0.3 is 0 Å². The van der Waals surface area contributed by atoms with Crippen molar-refractivity contribution in [3.63, 3.8) is 0 Å². The molecule has 0 spiro atoms. The van der Waals surface area contributed by atoms with Gasteiger partial charge in [0, 0.05) is 22.0 Å². The van der Waals surface area contributed by atoms with Crippen molar-refractivity contribution in [3.8, 4) is 11.5 Å². The molecule has 0 fully saturated rings. The van der Waals surface area contributed by atoms with E-state index < -0.39 is 0 Å². The van der Waals surface area contributed by atoms with Gasteiger partial charge in [-0.2, -0.15) is 0 Å². The largest absolute Gasteiger partial charge is 0.454 e. The lowest BCUT2D eigenvalue weighted by Gasteiger charge is -2.08. The van der Waals surface area contributed by atoms with Crippen molar-refractivity contribution in [1.29, 1.82) is 0 Å². The summed E-state index contributed by atoms with van der Waals surface area (Å²) in [5.41, 5.74) is 6.86. The predicted octanol–water partition coefficient (Wildman–Crippen LogP) is 2.02. The van der Waals surface area contributed by atoms with Gasteiger partial charge in [-0.1, -0.05) is 0 Å². The number of benzene rings is 1. The Kier molecular flexibility index (Phi) is 3.16. The fourth-order valence-electron chi connectivity index (χ4n) is 1.65. The molecule has 0 saturated carbocycles. The number of nitrogens with two attached hydrogens (primary N) is 1. The summed E-state index contributed by atoms with van der Waals surface area (Å²) in [6.07, 6.45) is 0.331. The smallest absolute Gasteiger partial charge is 0.231 e. The molecule has 1 aliphatic heterocycles. The van der Waals surface area contributed by atoms with Crippen molar-refractivity contribution in [2.24, 2.45) is 5.73 Å². The van der Waals surface area contributed by atoms with Crippen LogP contribution in [0.1, 0.15) is 22.3 Å². The Labute approximate surface area is 102 Å². The van der Waals surface area contributed by atoms with Crippen LogP contribution in [0.3, 0.4) is 0 Å². The Bertz CT molecular complexity index is 445. The zero-order valence-corrected chi connectivity index (χ0v) is 10.5. The Hall–Kier alpha value is -1.07. The van der Waals surface area contributed by atoms with Gasteiger partial charge in [0.05, 0.1) is 0 Å². The quantitative estimate of drug-likeness (QED) is 0.863. The van der Waals surface area contributed by atoms with Crippen molar-refractivity contribution in [2.45, 2.75) is 13.3 Å². The molecule has 5 heteroatoms. The summed E-state index contributed by atoms with van der Waals surface area (Å²) in [6, 6.07) is 1.71. The van der Waals surface area contributed by atoms with Crippen LogP contribution >= 0.6 is 15.9 Å². The molecule has 16 heavy (non-hydrogen) atoms. The topological polar surface area (TPSA) is 61.6 Å². The molecule has 2 rings (SSSR count). The van der Waals surface area contributed by atoms with Gasteiger partial charge in [-0.25, -0.2) is 0 Å². The van der Waals surface area contributed by atoms with E-state index in [2.05, 4.69) is 15.9 Å². The highest BCUT2D eigenvalue weighted by atomic mass is 79.9. The van der Waals surface area contributed by atoms with E-state index in [-0.39, 0.29) is 12.6 Å². The molecule has 0 aromatic heterocycles. The third kappa shape index (κ3) is 1.81. The number of rotatable bonds is 3. The molecular weight excluding hydrogens is 274 g/mol. The minimum atomic E-state index is 0.00998. The SMILES string of the molecule is Cc1c(Br)c(C(=O)CCN)cc2c1OCO2. The van der Waals surface area contributed by atoms with E-state index in [9.17, 15) is 4.79 Å². The summed E-state index contributed by atoms with van der Waals surface area (Å²) in [7, 11) is 0. The summed E-state index contributed by atoms with van der Waals surface area (Å²) >= 11 is 3.41. The zero-order chi connectivity index (χ0) is 11.7. The number of carbonyl (C=O) groups excluding carboxylic acids is 1. The van der Waals surface area contributed by atoms with Gasteiger partial charge in [0.25, 0.3) is 0 Å². The lowest BCUT2D eigenvalue weighted by atomic mass is 10.0. The van der Waals surface area contributed by atoms with Crippen molar-refractivity contribution < 1.29 is 14.3 Å². The van der Waals surface area contributed by atoms with Crippen molar-refractivity contribution in [3.05, 3.63) is 21.7 Å². The van der Waals surface area contributed by atoms with Crippen molar-refractivity contribution in [2.75, 3.05) is 13.3 Å². The van der Waals surface area contributed by atoms with Gasteiger partial charge in [0.15, 0.2) is 17.3 Å². The Morgan fingerprint density at radius 1 is 1.56 bits per heavy atom. The molecule has 1 aromatic carbocycles. The predicted molar refractivity (Wildman–Crippen MR) is 63.0 cm³/mol. The maximum Gasteiger partial charge on any atom is 0.231 e. The zero-order valence-electron chi connectivity index (χ0n) is 8.88. The molecular formula is C11H12BrNO3. The van der Waals surface area contributed by atoms with Crippen molar-refractivity contribution in [1.82, 2.24) is 0 Å². The van der Waals surface area contributed by atoms with Gasteiger partial charge in [-0.15, -0.1) is 0 Å². The summed E-state index contributed by atoms with van der Waals surface area (Å²) in [5.74, 6) is 1.34. The first-order valence-corrected chi connectivity index (χ1v) is 5.76. The van der Waals surface area contributed by atoms with Gasteiger partial charge in [0.2, 0.25) is 6.79 Å². The minimum absolute atomic E-state index is 0.00998. The maximum atomic E-state index is 11.8. The molecule has 1 aromatic rings. The Balaban J connectivity index is 2.47. The third-order valence-corrected chi connectivity index (χ3v) is 3.52. The fraction of sp³-hybridized carbons (Fsp3) is 0.364. The van der Waals surface area contributed by atoms with E-state index in [0.29, 0.717) is 30.0 Å². The minimum Gasteiger partial charge on any atom is -0.454 e. The van der Waals surface area contributed by atoms with E-state index in [1.54, 1.807) is 6.07 Å². The maximum absolute atomic E-state index is 11.8. The van der Waals surface area contributed by atoms with E-state index in [0.717, 1.165) is 10.0 Å². The number of fused-ring (bicyclic) bond motifs is 1. The number of Topliss-reactive ketones (excluding diaryl/α,β-unsaturated/α-hetero) is 1. The standard InChI is InChI=1S/C11H12BrNO3/c1-6-10(12)7(8(14)2-3-13)4-9-11(6)16-5-15-9/h4H,2-3,5,13H2,1H3. The molecule has 4 nitrogen and oxygen atoms in total. The second-order valence-corrected chi connectivity index (χ2v) is 4.35. The summed E-state index contributed by atoms with van der Waals surface area (Å²) < 4.78 is 11.4. The van der Waals surface area contributed by atoms with Crippen LogP contribution in [0.25, 0.3) is 0 Å². The van der Waals surface area contributed by atoms with Gasteiger partial charge in [-0.05, 0) is 35.5 Å². The van der Waals surface area contributed by atoms with Crippen LogP contribution in [0.15, 0.2) is 10.5 Å². The average Bonchev–Trinajstić information content (AvgIpc) is 2.71. The van der Waals surface area contributed by atoms with Crippen LogP contribution < -0.4 is 15.2 Å². The van der Waals surface area contributed by atoms with E-state index in [1.807, 2.05) is 6.92 Å². The lowest BCUT2D eigenvalue weighted by molar-refractivity contribution is 0.0984. The lowest BCUT2D eigenvalue weighted by Crippen LogP contribution is -2.09. The highest BCUT2D eigenvalue weighted by molar-refractivity contribution is 9.10. The summed E-state index contributed by atoms with van der Waals surface area (Å²) in [4.78, 5) is 11.8. The fourth-order valence-corrected chi connectivity index (χ4v) is 2.17. The normalized spacial score (nSPS) is 12.9. The first-order valence-electron chi connectivity index (χ1n) is 4.97. The monoisotopic (exact) mass is 285 g/mol. The molecule has 0 saturated heterocycles. The number of ketones is 1. The first kappa shape index (κ1) is 11.4. The Morgan fingerprint density at radius 3 is 3.00 bits per heavy atom. The van der Waals surface area contributed by atoms with Crippen LogP contribution in [-0.4, -0.2) is 19.1 Å². The van der Waals surface area contributed by atoms with E-state index >= 15 is 0 Å². The van der Waals surface area contributed by atoms with Gasteiger partial charge in [0.1, 0.15) is 0 Å². The second-order valence-electron chi connectivity index (χ2n) is 3.56. The molecule has 0 radical (unpaired) electrons. The van der Waals surface area contributed by atoms with Crippen molar-refractivity contribution >= 4 is 21.7 Å². The number of ether oxygens (including phenoxy) is 2.